The molecule has 1 aliphatic rings. The van der Waals surface area contributed by atoms with E-state index in [2.05, 4.69) is 5.32 Å². The molecule has 4 nitrogen and oxygen atoms in total. The minimum Gasteiger partial charge on any atom is -0.352 e. The fourth-order valence-electron chi connectivity index (χ4n) is 2.42. The van der Waals surface area contributed by atoms with Gasteiger partial charge in [0.05, 0.1) is 28.8 Å². The molecule has 1 amide bonds. The second kappa shape index (κ2) is 6.97. The van der Waals surface area contributed by atoms with Gasteiger partial charge in [0.25, 0.3) is 5.91 Å². The van der Waals surface area contributed by atoms with E-state index in [1.54, 1.807) is 18.2 Å². The Morgan fingerprint density at radius 2 is 2.05 bits per heavy atom. The summed E-state index contributed by atoms with van der Waals surface area (Å²) < 4.78 is 11.1. The van der Waals surface area contributed by atoms with Gasteiger partial charge in [-0.1, -0.05) is 36.2 Å². The minimum atomic E-state index is -0.544. The summed E-state index contributed by atoms with van der Waals surface area (Å²) in [5.74, 6) is -0.555. The van der Waals surface area contributed by atoms with Gasteiger partial charge in [0.15, 0.2) is 5.79 Å². The summed E-state index contributed by atoms with van der Waals surface area (Å²) in [7, 11) is 0. The summed E-state index contributed by atoms with van der Waals surface area (Å²) in [4.78, 5) is 12.1. The molecule has 1 fully saturated rings. The van der Waals surface area contributed by atoms with Gasteiger partial charge in [-0.25, -0.2) is 0 Å². The molecule has 1 aromatic rings. The normalized spacial score (nSPS) is 18.5. The molecule has 1 unspecified atom stereocenters. The van der Waals surface area contributed by atoms with Crippen molar-refractivity contribution in [3.8, 4) is 0 Å². The second-order valence-electron chi connectivity index (χ2n) is 5.45. The van der Waals surface area contributed by atoms with Crippen LogP contribution in [0.25, 0.3) is 0 Å². The minimum absolute atomic E-state index is 0.218. The molecule has 1 N–H and O–H groups in total. The van der Waals surface area contributed by atoms with Gasteiger partial charge in [0.2, 0.25) is 0 Å². The molecule has 1 saturated heterocycles. The number of carbonyl (C=O) groups is 1. The van der Waals surface area contributed by atoms with E-state index in [0.717, 1.165) is 6.42 Å². The number of rotatable bonds is 5. The molecule has 21 heavy (non-hydrogen) atoms. The first kappa shape index (κ1) is 16.6. The van der Waals surface area contributed by atoms with E-state index in [1.165, 1.54) is 0 Å². The molecule has 0 aromatic heterocycles. The Labute approximate surface area is 134 Å². The van der Waals surface area contributed by atoms with Crippen molar-refractivity contribution in [3.05, 3.63) is 33.8 Å². The van der Waals surface area contributed by atoms with Gasteiger partial charge < -0.3 is 14.8 Å². The van der Waals surface area contributed by atoms with Crippen molar-refractivity contribution in [2.24, 2.45) is 5.92 Å². The van der Waals surface area contributed by atoms with E-state index in [0.29, 0.717) is 30.3 Å². The highest BCUT2D eigenvalue weighted by atomic mass is 35.5. The van der Waals surface area contributed by atoms with Gasteiger partial charge in [0, 0.05) is 13.0 Å². The van der Waals surface area contributed by atoms with Gasteiger partial charge in [-0.05, 0) is 25.0 Å². The maximum atomic E-state index is 12.1. The van der Waals surface area contributed by atoms with Crippen LogP contribution in [0.15, 0.2) is 18.2 Å². The van der Waals surface area contributed by atoms with Crippen molar-refractivity contribution in [1.29, 1.82) is 0 Å². The van der Waals surface area contributed by atoms with Crippen LogP contribution in [-0.2, 0) is 9.47 Å². The van der Waals surface area contributed by atoms with E-state index in [1.807, 2.05) is 13.8 Å². The van der Waals surface area contributed by atoms with Crippen LogP contribution in [0, 0.1) is 5.92 Å². The van der Waals surface area contributed by atoms with Crippen molar-refractivity contribution in [1.82, 2.24) is 5.32 Å². The summed E-state index contributed by atoms with van der Waals surface area (Å²) >= 11 is 11.9. The highest BCUT2D eigenvalue weighted by molar-refractivity contribution is 6.43. The van der Waals surface area contributed by atoms with Crippen LogP contribution in [0.4, 0.5) is 0 Å². The molecule has 0 bridgehead atoms. The second-order valence-corrected chi connectivity index (χ2v) is 6.24. The van der Waals surface area contributed by atoms with Crippen LogP contribution in [0.1, 0.15) is 30.6 Å². The van der Waals surface area contributed by atoms with E-state index in [4.69, 9.17) is 32.7 Å². The Bertz CT molecular complexity index is 516. The third-order valence-electron chi connectivity index (χ3n) is 3.42. The molecule has 0 aliphatic carbocycles. The van der Waals surface area contributed by atoms with Crippen LogP contribution in [-0.4, -0.2) is 31.5 Å². The zero-order valence-electron chi connectivity index (χ0n) is 12.1. The predicted molar refractivity (Wildman–Crippen MR) is 82.9 cm³/mol. The Kier molecular flexibility index (Phi) is 5.49. The number of hydrogen-bond donors (Lipinski definition) is 1. The lowest BCUT2D eigenvalue weighted by atomic mass is 10.0. The lowest BCUT2D eigenvalue weighted by Gasteiger charge is -2.26. The van der Waals surface area contributed by atoms with Crippen LogP contribution in [0.5, 0.6) is 0 Å². The SMILES string of the molecule is CC(CNC(=O)c1cccc(Cl)c1Cl)CC1(C)OCCO1. The molecular weight excluding hydrogens is 313 g/mol. The zero-order chi connectivity index (χ0) is 15.5. The first-order valence-corrected chi connectivity index (χ1v) is 7.67. The smallest absolute Gasteiger partial charge is 0.252 e. The molecule has 1 aromatic carbocycles. The van der Waals surface area contributed by atoms with Crippen molar-refractivity contribution >= 4 is 29.1 Å². The lowest BCUT2D eigenvalue weighted by molar-refractivity contribution is -0.153. The fraction of sp³-hybridized carbons (Fsp3) is 0.533. The number of amides is 1. The molecule has 0 saturated carbocycles. The highest BCUT2D eigenvalue weighted by Crippen LogP contribution is 2.27. The maximum Gasteiger partial charge on any atom is 0.252 e. The first-order valence-electron chi connectivity index (χ1n) is 6.91. The predicted octanol–water partition coefficient (Wildman–Crippen LogP) is 3.51. The monoisotopic (exact) mass is 331 g/mol. The highest BCUT2D eigenvalue weighted by Gasteiger charge is 2.32. The van der Waals surface area contributed by atoms with Crippen molar-refractivity contribution in [3.63, 3.8) is 0 Å². The number of ether oxygens (including phenoxy) is 2. The van der Waals surface area contributed by atoms with Gasteiger partial charge in [-0.3, -0.25) is 4.79 Å². The number of halogens is 2. The van der Waals surface area contributed by atoms with Crippen molar-refractivity contribution in [2.75, 3.05) is 19.8 Å². The largest absolute Gasteiger partial charge is 0.352 e. The molecule has 6 heteroatoms. The summed E-state index contributed by atoms with van der Waals surface area (Å²) in [6.07, 6.45) is 0.719. The molecule has 0 radical (unpaired) electrons. The molecule has 0 spiro atoms. The quantitative estimate of drug-likeness (QED) is 0.898. The average Bonchev–Trinajstić information content (AvgIpc) is 2.85. The summed E-state index contributed by atoms with van der Waals surface area (Å²) in [6, 6.07) is 5.01. The third kappa shape index (κ3) is 4.33. The molecule has 1 heterocycles. The van der Waals surface area contributed by atoms with E-state index < -0.39 is 5.79 Å². The van der Waals surface area contributed by atoms with Gasteiger partial charge >= 0.3 is 0 Å². The van der Waals surface area contributed by atoms with E-state index in [-0.39, 0.29) is 16.8 Å². The fourth-order valence-corrected chi connectivity index (χ4v) is 2.81. The Hall–Kier alpha value is -0.810. The molecule has 1 aliphatic heterocycles. The summed E-state index contributed by atoms with van der Waals surface area (Å²) in [5.41, 5.74) is 0.385. The molecule has 116 valence electrons. The summed E-state index contributed by atoms with van der Waals surface area (Å²) in [5, 5.41) is 3.51. The van der Waals surface area contributed by atoms with Gasteiger partial charge in [-0.15, -0.1) is 0 Å². The van der Waals surface area contributed by atoms with E-state index in [9.17, 15) is 4.79 Å². The Balaban J connectivity index is 1.87. The number of benzene rings is 1. The molecule has 1 atom stereocenters. The number of hydrogen-bond acceptors (Lipinski definition) is 3. The standard InChI is InChI=1S/C15H19Cl2NO3/c1-10(8-15(2)20-6-7-21-15)9-18-14(19)11-4-3-5-12(16)13(11)17/h3-5,10H,6-9H2,1-2H3,(H,18,19). The maximum absolute atomic E-state index is 12.1. The molecular formula is C15H19Cl2NO3. The number of carbonyl (C=O) groups excluding carboxylic acids is 1. The first-order chi connectivity index (χ1) is 9.91. The van der Waals surface area contributed by atoms with Crippen LogP contribution in [0.2, 0.25) is 10.0 Å². The van der Waals surface area contributed by atoms with Crippen LogP contribution in [0.3, 0.4) is 0 Å². The van der Waals surface area contributed by atoms with E-state index >= 15 is 0 Å². The van der Waals surface area contributed by atoms with Crippen LogP contribution >= 0.6 is 23.2 Å². The van der Waals surface area contributed by atoms with Gasteiger partial charge in [0.1, 0.15) is 0 Å². The van der Waals surface area contributed by atoms with Crippen molar-refractivity contribution < 1.29 is 14.3 Å². The Morgan fingerprint density at radius 3 is 2.71 bits per heavy atom. The average molecular weight is 332 g/mol. The number of nitrogens with one attached hydrogen (secondary N) is 1. The van der Waals surface area contributed by atoms with Gasteiger partial charge in [-0.2, -0.15) is 0 Å². The molecule has 2 rings (SSSR count). The summed E-state index contributed by atoms with van der Waals surface area (Å²) in [6.45, 7) is 5.72. The third-order valence-corrected chi connectivity index (χ3v) is 4.24. The van der Waals surface area contributed by atoms with Crippen LogP contribution < -0.4 is 5.32 Å². The lowest BCUT2D eigenvalue weighted by Crippen LogP contribution is -2.34. The van der Waals surface area contributed by atoms with Crippen molar-refractivity contribution in [2.45, 2.75) is 26.1 Å². The topological polar surface area (TPSA) is 47.6 Å². The zero-order valence-corrected chi connectivity index (χ0v) is 13.6. The Morgan fingerprint density at radius 1 is 1.38 bits per heavy atom.